The summed E-state index contributed by atoms with van der Waals surface area (Å²) in [6.07, 6.45) is 5.48. The molecule has 0 radical (unpaired) electrons. The number of hydrogen-bond donors (Lipinski definition) is 0. The van der Waals surface area contributed by atoms with E-state index in [1.165, 1.54) is 10.7 Å². The van der Waals surface area contributed by atoms with Crippen LogP contribution in [-0.4, -0.2) is 37.2 Å². The first-order valence-corrected chi connectivity index (χ1v) is 9.43. The van der Waals surface area contributed by atoms with Crippen LogP contribution < -0.4 is 0 Å². The van der Waals surface area contributed by atoms with Crippen LogP contribution in [0.2, 0.25) is 0 Å². The van der Waals surface area contributed by atoms with Crippen molar-refractivity contribution in [1.29, 1.82) is 0 Å². The van der Waals surface area contributed by atoms with Crippen LogP contribution in [0.5, 0.6) is 0 Å². The lowest BCUT2D eigenvalue weighted by molar-refractivity contribution is 0.268. The van der Waals surface area contributed by atoms with E-state index in [-0.39, 0.29) is 6.04 Å². The summed E-state index contributed by atoms with van der Waals surface area (Å²) in [6.45, 7) is 2.49. The minimum Gasteiger partial charge on any atom is -0.195 e. The lowest BCUT2D eigenvalue weighted by Gasteiger charge is -2.33. The van der Waals surface area contributed by atoms with E-state index in [1.54, 1.807) is 29.7 Å². The van der Waals surface area contributed by atoms with Crippen molar-refractivity contribution in [1.82, 2.24) is 8.61 Å². The van der Waals surface area contributed by atoms with Crippen LogP contribution in [0.3, 0.4) is 0 Å². The smallest absolute Gasteiger partial charge is 0.195 e. The summed E-state index contributed by atoms with van der Waals surface area (Å²) in [5, 5.41) is 2.01. The average molecular weight is 316 g/mol. The molecule has 0 aromatic carbocycles. The first kappa shape index (κ1) is 15.9. The van der Waals surface area contributed by atoms with Crippen molar-refractivity contribution in [2.24, 2.45) is 0 Å². The fraction of sp³-hybridized carbons (Fsp3) is 0.714. The quantitative estimate of drug-likeness (QED) is 0.838. The van der Waals surface area contributed by atoms with E-state index in [0.717, 1.165) is 36.1 Å². The minimum atomic E-state index is -3.36. The molecule has 0 aliphatic heterocycles. The zero-order chi connectivity index (χ0) is 14.8. The average Bonchev–Trinajstić information content (AvgIpc) is 2.84. The second-order valence-electron chi connectivity index (χ2n) is 5.60. The van der Waals surface area contributed by atoms with Gasteiger partial charge < -0.3 is 0 Å². The molecular formula is C14H24N2O2S2. The molecule has 20 heavy (non-hydrogen) atoms. The van der Waals surface area contributed by atoms with Gasteiger partial charge in [-0.2, -0.15) is 17.0 Å². The fourth-order valence-electron chi connectivity index (χ4n) is 2.70. The lowest BCUT2D eigenvalue weighted by atomic mass is 9.96. The normalized spacial score (nSPS) is 18.1. The summed E-state index contributed by atoms with van der Waals surface area (Å²) in [6, 6.07) is 2.20. The Morgan fingerprint density at radius 1 is 1.25 bits per heavy atom. The van der Waals surface area contributed by atoms with Gasteiger partial charge >= 0.3 is 0 Å². The molecule has 1 aromatic heterocycles. The van der Waals surface area contributed by atoms with Gasteiger partial charge in [0.05, 0.1) is 0 Å². The van der Waals surface area contributed by atoms with Crippen LogP contribution in [0.4, 0.5) is 0 Å². The Morgan fingerprint density at radius 3 is 2.45 bits per heavy atom. The number of rotatable bonds is 5. The maximum absolute atomic E-state index is 12.6. The van der Waals surface area contributed by atoms with Gasteiger partial charge in [-0.05, 0) is 36.8 Å². The van der Waals surface area contributed by atoms with Crippen molar-refractivity contribution in [2.45, 2.75) is 51.6 Å². The Bertz CT molecular complexity index is 533. The summed E-state index contributed by atoms with van der Waals surface area (Å²) in [4.78, 5) is 1.12. The van der Waals surface area contributed by atoms with Crippen LogP contribution in [-0.2, 0) is 16.8 Å². The number of aryl methyl sites for hydroxylation is 1. The minimum absolute atomic E-state index is 0.167. The number of nitrogens with zero attached hydrogens (tertiary/aromatic N) is 2. The van der Waals surface area contributed by atoms with Crippen LogP contribution in [0.1, 0.15) is 42.5 Å². The van der Waals surface area contributed by atoms with Gasteiger partial charge in [0.2, 0.25) is 0 Å². The lowest BCUT2D eigenvalue weighted by Crippen LogP contribution is -2.45. The topological polar surface area (TPSA) is 40.6 Å². The maximum Gasteiger partial charge on any atom is 0.282 e. The molecule has 4 nitrogen and oxygen atoms in total. The molecule has 114 valence electrons. The summed E-state index contributed by atoms with van der Waals surface area (Å²) in [5.74, 6) is 0. The molecule has 1 aliphatic rings. The van der Waals surface area contributed by atoms with Crippen LogP contribution >= 0.6 is 11.3 Å². The monoisotopic (exact) mass is 316 g/mol. The molecule has 1 aliphatic carbocycles. The van der Waals surface area contributed by atoms with Gasteiger partial charge in [0, 0.05) is 31.6 Å². The summed E-state index contributed by atoms with van der Waals surface area (Å²) >= 11 is 1.62. The highest BCUT2D eigenvalue weighted by Crippen LogP contribution is 2.25. The molecule has 1 fully saturated rings. The molecule has 6 heteroatoms. The Hall–Kier alpha value is -0.430. The van der Waals surface area contributed by atoms with Crippen LogP contribution in [0.25, 0.3) is 0 Å². The summed E-state index contributed by atoms with van der Waals surface area (Å²) in [5.41, 5.74) is 1.16. The summed E-state index contributed by atoms with van der Waals surface area (Å²) < 4.78 is 28.3. The molecule has 0 amide bonds. The molecular weight excluding hydrogens is 292 g/mol. The molecule has 0 spiro atoms. The van der Waals surface area contributed by atoms with Gasteiger partial charge in [0.15, 0.2) is 0 Å². The van der Waals surface area contributed by atoms with Gasteiger partial charge in [0.1, 0.15) is 0 Å². The van der Waals surface area contributed by atoms with Crippen LogP contribution in [0, 0.1) is 6.92 Å². The largest absolute Gasteiger partial charge is 0.282 e. The molecule has 1 aromatic rings. The Morgan fingerprint density at radius 2 is 1.90 bits per heavy atom. The molecule has 0 saturated heterocycles. The van der Waals surface area contributed by atoms with Gasteiger partial charge in [-0.3, -0.25) is 0 Å². The van der Waals surface area contributed by atoms with Gasteiger partial charge in [-0.1, -0.05) is 19.3 Å². The van der Waals surface area contributed by atoms with Gasteiger partial charge in [-0.15, -0.1) is 11.3 Å². The van der Waals surface area contributed by atoms with Crippen molar-refractivity contribution >= 4 is 21.5 Å². The first-order chi connectivity index (χ1) is 9.43. The van der Waals surface area contributed by atoms with Crippen molar-refractivity contribution in [3.05, 3.63) is 21.9 Å². The van der Waals surface area contributed by atoms with E-state index in [1.807, 2.05) is 18.4 Å². The van der Waals surface area contributed by atoms with Crippen molar-refractivity contribution < 1.29 is 8.42 Å². The van der Waals surface area contributed by atoms with E-state index < -0.39 is 10.2 Å². The zero-order valence-electron chi connectivity index (χ0n) is 12.5. The predicted octanol–water partition coefficient (Wildman–Crippen LogP) is 3.00. The molecule has 0 N–H and O–H groups in total. The van der Waals surface area contributed by atoms with E-state index in [4.69, 9.17) is 0 Å². The third kappa shape index (κ3) is 3.42. The maximum atomic E-state index is 12.6. The van der Waals surface area contributed by atoms with Gasteiger partial charge in [-0.25, -0.2) is 0 Å². The van der Waals surface area contributed by atoms with E-state index in [0.29, 0.717) is 6.54 Å². The van der Waals surface area contributed by atoms with Crippen molar-refractivity contribution in [3.8, 4) is 0 Å². The molecule has 1 heterocycles. The highest BCUT2D eigenvalue weighted by atomic mass is 32.2. The van der Waals surface area contributed by atoms with E-state index in [9.17, 15) is 8.42 Å². The number of thiophene rings is 1. The van der Waals surface area contributed by atoms with Crippen molar-refractivity contribution in [2.75, 3.05) is 14.1 Å². The second kappa shape index (κ2) is 6.56. The third-order valence-electron chi connectivity index (χ3n) is 4.18. The number of hydrogen-bond acceptors (Lipinski definition) is 3. The zero-order valence-corrected chi connectivity index (χ0v) is 14.1. The standard InChI is InChI=1S/C14H24N2O2S2/c1-12-9-10-19-14(12)11-15(2)20(17,18)16(3)13-7-5-4-6-8-13/h9-10,13H,4-8,11H2,1-3H3. The molecule has 2 rings (SSSR count). The molecule has 0 unspecified atom stereocenters. The van der Waals surface area contributed by atoms with E-state index in [2.05, 4.69) is 0 Å². The molecule has 1 saturated carbocycles. The van der Waals surface area contributed by atoms with Crippen molar-refractivity contribution in [3.63, 3.8) is 0 Å². The Kier molecular flexibility index (Phi) is 5.23. The first-order valence-electron chi connectivity index (χ1n) is 7.15. The molecule has 0 atom stereocenters. The highest BCUT2D eigenvalue weighted by molar-refractivity contribution is 7.86. The SMILES string of the molecule is Cc1ccsc1CN(C)S(=O)(=O)N(C)C1CCCCC1. The third-order valence-corrected chi connectivity index (χ3v) is 7.13. The van der Waals surface area contributed by atoms with E-state index >= 15 is 0 Å². The Balaban J connectivity index is 2.06. The summed E-state index contributed by atoms with van der Waals surface area (Å²) in [7, 11) is 0.0416. The highest BCUT2D eigenvalue weighted by Gasteiger charge is 2.31. The second-order valence-corrected chi connectivity index (χ2v) is 8.69. The molecule has 0 bridgehead atoms. The fourth-order valence-corrected chi connectivity index (χ4v) is 5.06. The Labute approximate surface area is 126 Å². The predicted molar refractivity (Wildman–Crippen MR) is 84.1 cm³/mol. The van der Waals surface area contributed by atoms with Gasteiger partial charge in [0.25, 0.3) is 10.2 Å². The van der Waals surface area contributed by atoms with Crippen LogP contribution in [0.15, 0.2) is 11.4 Å².